The lowest BCUT2D eigenvalue weighted by Crippen LogP contribution is -2.13. The molecule has 0 amide bonds. The van der Waals surface area contributed by atoms with Crippen LogP contribution in [0.4, 0.5) is 4.39 Å². The number of hydrogen-bond acceptors (Lipinski definition) is 1. The number of halogens is 1. The van der Waals surface area contributed by atoms with Gasteiger partial charge in [-0.3, -0.25) is 0 Å². The van der Waals surface area contributed by atoms with Gasteiger partial charge < -0.3 is 5.11 Å². The molecule has 0 fully saturated rings. The van der Waals surface area contributed by atoms with Gasteiger partial charge in [-0.1, -0.05) is 38.8 Å². The van der Waals surface area contributed by atoms with Crippen molar-refractivity contribution in [2.24, 2.45) is 5.92 Å². The van der Waals surface area contributed by atoms with E-state index in [1.54, 1.807) is 12.1 Å². The first-order valence-corrected chi connectivity index (χ1v) is 5.55. The molecule has 84 valence electrons. The summed E-state index contributed by atoms with van der Waals surface area (Å²) in [7, 11) is 0. The van der Waals surface area contributed by atoms with Gasteiger partial charge in [-0.15, -0.1) is 0 Å². The van der Waals surface area contributed by atoms with E-state index in [9.17, 15) is 9.50 Å². The van der Waals surface area contributed by atoms with Crippen LogP contribution in [-0.4, -0.2) is 11.7 Å². The quantitative estimate of drug-likeness (QED) is 0.790. The molecule has 0 spiro atoms. The number of benzene rings is 1. The zero-order valence-corrected chi connectivity index (χ0v) is 9.41. The van der Waals surface area contributed by atoms with Crippen LogP contribution in [-0.2, 0) is 0 Å². The fourth-order valence-electron chi connectivity index (χ4n) is 1.98. The summed E-state index contributed by atoms with van der Waals surface area (Å²) in [6, 6.07) is 6.44. The molecular weight excluding hydrogens is 191 g/mol. The Labute approximate surface area is 90.9 Å². The first-order valence-electron chi connectivity index (χ1n) is 5.55. The third-order valence-corrected chi connectivity index (χ3v) is 2.93. The van der Waals surface area contributed by atoms with Crippen molar-refractivity contribution in [2.45, 2.75) is 32.6 Å². The molecule has 1 aromatic rings. The Morgan fingerprint density at radius 1 is 1.27 bits per heavy atom. The Morgan fingerprint density at radius 3 is 2.33 bits per heavy atom. The van der Waals surface area contributed by atoms with Gasteiger partial charge in [-0.2, -0.15) is 0 Å². The van der Waals surface area contributed by atoms with E-state index < -0.39 is 0 Å². The third-order valence-electron chi connectivity index (χ3n) is 2.93. The van der Waals surface area contributed by atoms with Crippen molar-refractivity contribution < 1.29 is 9.50 Å². The maximum absolute atomic E-state index is 12.7. The van der Waals surface area contributed by atoms with Gasteiger partial charge in [0.1, 0.15) is 5.82 Å². The van der Waals surface area contributed by atoms with Crippen molar-refractivity contribution in [2.75, 3.05) is 6.61 Å². The summed E-state index contributed by atoms with van der Waals surface area (Å²) >= 11 is 0. The van der Waals surface area contributed by atoms with Crippen molar-refractivity contribution >= 4 is 0 Å². The predicted molar refractivity (Wildman–Crippen MR) is 60.3 cm³/mol. The van der Waals surface area contributed by atoms with Crippen molar-refractivity contribution in [3.63, 3.8) is 0 Å². The van der Waals surface area contributed by atoms with Gasteiger partial charge in [0.15, 0.2) is 0 Å². The maximum Gasteiger partial charge on any atom is 0.123 e. The summed E-state index contributed by atoms with van der Waals surface area (Å²) in [5.74, 6) is 0.342. The molecule has 0 aliphatic heterocycles. The van der Waals surface area contributed by atoms with E-state index >= 15 is 0 Å². The molecule has 0 radical (unpaired) electrons. The number of hydrogen-bond donors (Lipinski definition) is 1. The Morgan fingerprint density at radius 2 is 1.87 bits per heavy atom. The molecule has 0 aliphatic rings. The van der Waals surface area contributed by atoms with Crippen molar-refractivity contribution in [3.05, 3.63) is 35.6 Å². The smallest absolute Gasteiger partial charge is 0.123 e. The highest BCUT2D eigenvalue weighted by atomic mass is 19.1. The van der Waals surface area contributed by atoms with Crippen LogP contribution in [0, 0.1) is 11.7 Å². The second kappa shape index (κ2) is 5.86. The van der Waals surface area contributed by atoms with Crippen LogP contribution < -0.4 is 0 Å². The minimum absolute atomic E-state index is 0.130. The van der Waals surface area contributed by atoms with E-state index in [2.05, 4.69) is 13.8 Å². The first kappa shape index (κ1) is 12.2. The number of aliphatic hydroxyl groups excluding tert-OH is 1. The summed E-state index contributed by atoms with van der Waals surface area (Å²) in [6.07, 6.45) is 2.20. The number of aliphatic hydroxyl groups is 1. The summed E-state index contributed by atoms with van der Waals surface area (Å²) in [4.78, 5) is 0. The van der Waals surface area contributed by atoms with Gasteiger partial charge >= 0.3 is 0 Å². The van der Waals surface area contributed by atoms with Crippen molar-refractivity contribution in [3.8, 4) is 0 Å². The molecule has 1 N–H and O–H groups in total. The molecule has 0 aromatic heterocycles. The lowest BCUT2D eigenvalue weighted by atomic mass is 9.85. The molecule has 2 unspecified atom stereocenters. The normalized spacial score (nSPS) is 14.9. The fraction of sp³-hybridized carbons (Fsp3) is 0.538. The predicted octanol–water partition coefficient (Wildman–Crippen LogP) is 3.34. The molecule has 15 heavy (non-hydrogen) atoms. The minimum Gasteiger partial charge on any atom is -0.396 e. The Kier molecular flexibility index (Phi) is 4.76. The molecule has 0 saturated heterocycles. The molecule has 1 nitrogen and oxygen atoms in total. The zero-order valence-electron chi connectivity index (χ0n) is 9.41. The molecule has 2 atom stereocenters. The van der Waals surface area contributed by atoms with Gasteiger partial charge in [0.05, 0.1) is 6.61 Å². The fourth-order valence-corrected chi connectivity index (χ4v) is 1.98. The molecule has 1 aromatic carbocycles. The van der Waals surface area contributed by atoms with Crippen LogP contribution in [0.15, 0.2) is 24.3 Å². The van der Waals surface area contributed by atoms with Crippen LogP contribution in [0.5, 0.6) is 0 Å². The van der Waals surface area contributed by atoms with E-state index in [1.807, 2.05) is 0 Å². The summed E-state index contributed by atoms with van der Waals surface area (Å²) < 4.78 is 12.7. The molecule has 2 heteroatoms. The van der Waals surface area contributed by atoms with E-state index in [1.165, 1.54) is 12.1 Å². The van der Waals surface area contributed by atoms with E-state index in [4.69, 9.17) is 0 Å². The molecule has 0 saturated carbocycles. The van der Waals surface area contributed by atoms with Crippen LogP contribution in [0.25, 0.3) is 0 Å². The van der Waals surface area contributed by atoms with Gasteiger partial charge in [0.2, 0.25) is 0 Å². The topological polar surface area (TPSA) is 20.2 Å². The average molecular weight is 210 g/mol. The summed E-state index contributed by atoms with van der Waals surface area (Å²) in [6.45, 7) is 4.40. The second-order valence-electron chi connectivity index (χ2n) is 4.11. The van der Waals surface area contributed by atoms with Crippen LogP contribution in [0.2, 0.25) is 0 Å². The SMILES string of the molecule is CCCC(C)C(CO)c1ccc(F)cc1. The molecule has 0 aliphatic carbocycles. The maximum atomic E-state index is 12.7. The third kappa shape index (κ3) is 3.31. The Balaban J connectivity index is 2.77. The molecule has 1 rings (SSSR count). The van der Waals surface area contributed by atoms with Crippen molar-refractivity contribution in [1.82, 2.24) is 0 Å². The summed E-state index contributed by atoms with van der Waals surface area (Å²) in [5, 5.41) is 9.35. The highest BCUT2D eigenvalue weighted by Gasteiger charge is 2.17. The van der Waals surface area contributed by atoms with Gasteiger partial charge in [-0.25, -0.2) is 4.39 Å². The van der Waals surface area contributed by atoms with Gasteiger partial charge in [0.25, 0.3) is 0 Å². The first-order chi connectivity index (χ1) is 7.19. The Bertz CT molecular complexity index is 281. The standard InChI is InChI=1S/C13H19FO/c1-3-4-10(2)13(9-15)11-5-7-12(14)8-6-11/h5-8,10,13,15H,3-4,9H2,1-2H3. The highest BCUT2D eigenvalue weighted by Crippen LogP contribution is 2.27. The minimum atomic E-state index is -0.224. The molecule has 0 bridgehead atoms. The average Bonchev–Trinajstić information content (AvgIpc) is 2.22. The second-order valence-corrected chi connectivity index (χ2v) is 4.11. The lowest BCUT2D eigenvalue weighted by Gasteiger charge is -2.21. The number of rotatable bonds is 5. The van der Waals surface area contributed by atoms with Crippen LogP contribution in [0.3, 0.4) is 0 Å². The van der Waals surface area contributed by atoms with E-state index in [-0.39, 0.29) is 18.3 Å². The van der Waals surface area contributed by atoms with Crippen LogP contribution >= 0.6 is 0 Å². The van der Waals surface area contributed by atoms with E-state index in [0.29, 0.717) is 5.92 Å². The zero-order chi connectivity index (χ0) is 11.3. The lowest BCUT2D eigenvalue weighted by molar-refractivity contribution is 0.225. The van der Waals surface area contributed by atoms with Gasteiger partial charge in [0, 0.05) is 5.92 Å². The molecular formula is C13H19FO. The molecule has 0 heterocycles. The monoisotopic (exact) mass is 210 g/mol. The largest absolute Gasteiger partial charge is 0.396 e. The Hall–Kier alpha value is -0.890. The van der Waals surface area contributed by atoms with Crippen molar-refractivity contribution in [1.29, 1.82) is 0 Å². The van der Waals surface area contributed by atoms with E-state index in [0.717, 1.165) is 18.4 Å². The summed E-state index contributed by atoms with van der Waals surface area (Å²) in [5.41, 5.74) is 1.03. The highest BCUT2D eigenvalue weighted by molar-refractivity contribution is 5.21. The van der Waals surface area contributed by atoms with Gasteiger partial charge in [-0.05, 0) is 23.6 Å². The van der Waals surface area contributed by atoms with Crippen LogP contribution in [0.1, 0.15) is 38.2 Å².